The highest BCUT2D eigenvalue weighted by Crippen LogP contribution is 2.54. The van der Waals surface area contributed by atoms with Crippen LogP contribution in [0, 0.1) is 23.7 Å². The van der Waals surface area contributed by atoms with E-state index in [-0.39, 0.29) is 45.9 Å². The number of aromatic hydroxyl groups is 1. The number of ketones is 1. The summed E-state index contributed by atoms with van der Waals surface area (Å²) >= 11 is 0. The molecule has 3 unspecified atom stereocenters. The van der Waals surface area contributed by atoms with Gasteiger partial charge in [-0.3, -0.25) is 24.2 Å². The van der Waals surface area contributed by atoms with Crippen molar-refractivity contribution in [1.29, 1.82) is 0 Å². The number of amides is 1. The lowest BCUT2D eigenvalue weighted by molar-refractivity contribution is -0.147. The van der Waals surface area contributed by atoms with E-state index in [0.717, 1.165) is 5.56 Å². The van der Waals surface area contributed by atoms with Gasteiger partial charge in [0.15, 0.2) is 5.78 Å². The Morgan fingerprint density at radius 2 is 1.80 bits per heavy atom. The predicted molar refractivity (Wildman–Crippen MR) is 148 cm³/mol. The van der Waals surface area contributed by atoms with Gasteiger partial charge in [0, 0.05) is 12.1 Å². The Bertz CT molecular complexity index is 1360. The molecule has 0 saturated carbocycles. The number of benzene rings is 1. The number of aliphatic hydroxyl groups is 3. The molecule has 1 heterocycles. The molecule has 1 fully saturated rings. The maximum Gasteiger partial charge on any atom is 0.308 e. The second-order valence-electron chi connectivity index (χ2n) is 12.3. The lowest BCUT2D eigenvalue weighted by atomic mass is 9.57. The number of hydrogen-bond acceptors (Lipinski definition) is 10. The van der Waals surface area contributed by atoms with Crippen LogP contribution in [0.15, 0.2) is 34.8 Å². The number of Topliss-reactive ketones (excluding diaryl/α,β-unsaturated/α-hetero) is 1. The number of phenolic OH excluding ortho intramolecular Hbond substituents is 1. The van der Waals surface area contributed by atoms with Gasteiger partial charge in [-0.25, -0.2) is 0 Å². The summed E-state index contributed by atoms with van der Waals surface area (Å²) < 4.78 is 4.89. The second kappa shape index (κ2) is 10.5. The highest BCUT2D eigenvalue weighted by atomic mass is 16.5. The molecule has 5 rings (SSSR count). The van der Waals surface area contributed by atoms with Crippen LogP contribution in [0.3, 0.4) is 0 Å². The molecule has 222 valence electrons. The van der Waals surface area contributed by atoms with E-state index in [2.05, 4.69) is 4.90 Å². The average Bonchev–Trinajstić information content (AvgIpc) is 2.88. The van der Waals surface area contributed by atoms with Gasteiger partial charge < -0.3 is 30.9 Å². The fourth-order valence-electron chi connectivity index (χ4n) is 7.84. The molecule has 1 aliphatic heterocycles. The number of aliphatic hydroxyl groups excluding tert-OH is 2. The van der Waals surface area contributed by atoms with Gasteiger partial charge in [0.1, 0.15) is 22.9 Å². The minimum atomic E-state index is -2.02. The Morgan fingerprint density at radius 1 is 1.15 bits per heavy atom. The summed E-state index contributed by atoms with van der Waals surface area (Å²) in [6.45, 7) is 3.24. The van der Waals surface area contributed by atoms with E-state index in [9.17, 15) is 34.8 Å². The van der Waals surface area contributed by atoms with Gasteiger partial charge in [-0.2, -0.15) is 0 Å². The molecule has 1 aromatic rings. The van der Waals surface area contributed by atoms with Crippen LogP contribution >= 0.6 is 0 Å². The molecule has 0 aromatic heterocycles. The number of hydrogen-bond donors (Lipinski definition) is 5. The Morgan fingerprint density at radius 3 is 2.39 bits per heavy atom. The smallest absolute Gasteiger partial charge is 0.308 e. The van der Waals surface area contributed by atoms with E-state index in [1.165, 1.54) is 20.1 Å². The number of likely N-dealkylation sites (tertiary alicyclic amines) is 1. The van der Waals surface area contributed by atoms with Crippen molar-refractivity contribution in [2.24, 2.45) is 29.4 Å². The van der Waals surface area contributed by atoms with E-state index in [0.29, 0.717) is 50.9 Å². The van der Waals surface area contributed by atoms with Crippen molar-refractivity contribution in [3.63, 3.8) is 0 Å². The first-order valence-corrected chi connectivity index (χ1v) is 14.0. The van der Waals surface area contributed by atoms with E-state index >= 15 is 0 Å². The number of piperidine rings is 1. The minimum absolute atomic E-state index is 0.119. The number of methoxy groups -OCH3 is 1. The van der Waals surface area contributed by atoms with Gasteiger partial charge >= 0.3 is 5.97 Å². The van der Waals surface area contributed by atoms with Gasteiger partial charge in [-0.15, -0.1) is 0 Å². The fraction of sp³-hybridized carbons (Fsp3) is 0.567. The molecule has 41 heavy (non-hydrogen) atoms. The van der Waals surface area contributed by atoms with Gasteiger partial charge in [0.05, 0.1) is 36.1 Å². The molecular formula is C30H39N3O8. The van der Waals surface area contributed by atoms with E-state index in [1.54, 1.807) is 19.0 Å². The number of carbonyl (C=O) groups excluding carboxylic acids is 3. The molecule has 6 N–H and O–H groups in total. The van der Waals surface area contributed by atoms with Crippen LogP contribution < -0.4 is 5.73 Å². The van der Waals surface area contributed by atoms with Crippen LogP contribution in [0.25, 0.3) is 0 Å². The summed E-state index contributed by atoms with van der Waals surface area (Å²) in [7, 11) is 4.85. The third kappa shape index (κ3) is 4.60. The van der Waals surface area contributed by atoms with Crippen LogP contribution in [-0.2, 0) is 27.3 Å². The van der Waals surface area contributed by atoms with E-state index < -0.39 is 41.1 Å². The highest BCUT2D eigenvalue weighted by molar-refractivity contribution is 6.13. The normalized spacial score (nSPS) is 30.6. The van der Waals surface area contributed by atoms with Crippen molar-refractivity contribution in [2.75, 3.05) is 34.3 Å². The van der Waals surface area contributed by atoms with Crippen LogP contribution in [0.1, 0.15) is 47.7 Å². The summed E-state index contributed by atoms with van der Waals surface area (Å²) in [6.07, 6.45) is 2.08. The molecule has 11 heteroatoms. The average molecular weight is 570 g/mol. The maximum absolute atomic E-state index is 14.0. The molecular weight excluding hydrogens is 530 g/mol. The maximum atomic E-state index is 14.0. The number of allylic oxidation sites excluding steroid dienone is 1. The van der Waals surface area contributed by atoms with Crippen molar-refractivity contribution >= 4 is 17.7 Å². The second-order valence-corrected chi connectivity index (χ2v) is 12.3. The monoisotopic (exact) mass is 569 g/mol. The number of nitrogens with zero attached hydrogens (tertiary/aromatic N) is 2. The zero-order valence-corrected chi connectivity index (χ0v) is 23.9. The van der Waals surface area contributed by atoms with E-state index in [1.807, 2.05) is 6.07 Å². The molecule has 3 aliphatic carbocycles. The largest absolute Gasteiger partial charge is 0.511 e. The SMILES string of the molecule is COC(=O)C1CCN(Cc2ccc(O)c3c2CC2CC4C(C(O)=C2C3=O)[C@@](C)(O)C(C(N)=O)=C(O)[C@H]4N(C)C)CC1. The number of likely N-dealkylation sites (N-methyl/N-ethyl adjacent to an activating group) is 1. The van der Waals surface area contributed by atoms with Crippen molar-refractivity contribution in [3.8, 4) is 5.75 Å². The summed E-state index contributed by atoms with van der Waals surface area (Å²) in [6, 6.07) is 2.58. The number of ether oxygens (including phenoxy) is 1. The Hall–Kier alpha value is -3.41. The first kappa shape index (κ1) is 29.1. The van der Waals surface area contributed by atoms with Crippen LogP contribution in [0.2, 0.25) is 0 Å². The zero-order chi connectivity index (χ0) is 30.0. The van der Waals surface area contributed by atoms with Crippen molar-refractivity contribution in [2.45, 2.75) is 50.8 Å². The topological polar surface area (TPSA) is 174 Å². The molecule has 1 aromatic carbocycles. The lowest BCUT2D eigenvalue weighted by Gasteiger charge is -2.52. The summed E-state index contributed by atoms with van der Waals surface area (Å²) in [5.74, 6) is -4.71. The Labute approximate surface area is 238 Å². The molecule has 1 saturated heterocycles. The fourth-order valence-corrected chi connectivity index (χ4v) is 7.84. The summed E-state index contributed by atoms with van der Waals surface area (Å²) in [5.41, 5.74) is 5.03. The number of phenols is 1. The third-order valence-corrected chi connectivity index (χ3v) is 9.65. The van der Waals surface area contributed by atoms with Crippen LogP contribution in [-0.4, -0.2) is 93.8 Å². The molecule has 1 amide bonds. The Kier molecular flexibility index (Phi) is 7.42. The first-order valence-electron chi connectivity index (χ1n) is 14.0. The number of fused-ring (bicyclic) bond motifs is 3. The molecule has 4 aliphatic rings. The minimum Gasteiger partial charge on any atom is -0.511 e. The van der Waals surface area contributed by atoms with Gasteiger partial charge in [-0.1, -0.05) is 6.07 Å². The molecule has 0 spiro atoms. The van der Waals surface area contributed by atoms with Crippen LogP contribution in [0.4, 0.5) is 0 Å². The van der Waals surface area contributed by atoms with Gasteiger partial charge in [-0.05, 0) is 88.8 Å². The standard InChI is InChI=1S/C30H39N3O8/c1-30(40)22-18(24(32(2)3)27(37)23(30)28(31)38)12-16-11-17-15(13-33-9-7-14(8-10-33)29(39)41-4)5-6-19(34)21(17)25(35)20(16)26(22)36/h5-6,14,16,18,22,24,34,36-37,40H,7-13H2,1-4H3,(H2,31,38)/t16?,18?,22?,24-,30+/m0/s1. The zero-order valence-electron chi connectivity index (χ0n) is 23.9. The van der Waals surface area contributed by atoms with Crippen molar-refractivity contribution < 1.29 is 39.5 Å². The van der Waals surface area contributed by atoms with Crippen molar-refractivity contribution in [1.82, 2.24) is 9.80 Å². The quantitative estimate of drug-likeness (QED) is 0.328. The molecule has 11 nitrogen and oxygen atoms in total. The van der Waals surface area contributed by atoms with Crippen molar-refractivity contribution in [3.05, 3.63) is 51.5 Å². The molecule has 0 radical (unpaired) electrons. The molecule has 0 bridgehead atoms. The number of primary amides is 1. The third-order valence-electron chi connectivity index (χ3n) is 9.65. The summed E-state index contributed by atoms with van der Waals surface area (Å²) in [5, 5.41) is 45.1. The number of nitrogens with two attached hydrogens (primary N) is 1. The Balaban J connectivity index is 1.52. The van der Waals surface area contributed by atoms with Crippen LogP contribution in [0.5, 0.6) is 5.75 Å². The van der Waals surface area contributed by atoms with Gasteiger partial charge in [0.25, 0.3) is 5.91 Å². The van der Waals surface area contributed by atoms with Gasteiger partial charge in [0.2, 0.25) is 0 Å². The highest BCUT2D eigenvalue weighted by Gasteiger charge is 2.59. The lowest BCUT2D eigenvalue weighted by Crippen LogP contribution is -2.59. The predicted octanol–water partition coefficient (Wildman–Crippen LogP) is 1.57. The molecule has 5 atom stereocenters. The number of esters is 1. The first-order chi connectivity index (χ1) is 19.3. The number of carbonyl (C=O) groups is 3. The van der Waals surface area contributed by atoms with E-state index in [4.69, 9.17) is 10.5 Å². The summed E-state index contributed by atoms with van der Waals surface area (Å²) in [4.78, 5) is 42.2. The number of rotatable bonds is 5.